The van der Waals surface area contributed by atoms with Crippen LogP contribution in [0.1, 0.15) is 70.6 Å². The monoisotopic (exact) mass is 667 g/mol. The molecule has 4 aromatic carbocycles. The van der Waals surface area contributed by atoms with Crippen molar-refractivity contribution in [1.29, 1.82) is 0 Å². The van der Waals surface area contributed by atoms with Crippen LogP contribution < -0.4 is 35.2 Å². The zero-order valence-corrected chi connectivity index (χ0v) is 28.3. The minimum atomic E-state index is -0.327. The SMILES string of the molecule is [Cl-].[Cl-].[NH-]C(=O)C1CCCCCCCCCCC1.[Zr+4].c1ccc([Si]c2ccccc2)cc1.c1ccc2[cH-]ccc2c1. The Labute approximate surface area is 276 Å². The molecule has 0 bridgehead atoms. The molecule has 6 heteroatoms. The van der Waals surface area contributed by atoms with Crippen molar-refractivity contribution in [3.63, 3.8) is 0 Å². The predicted molar refractivity (Wildman–Crippen MR) is 161 cm³/mol. The van der Waals surface area contributed by atoms with Crippen LogP contribution in [0.15, 0.2) is 103 Å². The zero-order chi connectivity index (χ0) is 26.0. The molecule has 5 rings (SSSR count). The van der Waals surface area contributed by atoms with Crippen LogP contribution in [0.3, 0.4) is 0 Å². The molecule has 2 radical (unpaired) electrons. The van der Waals surface area contributed by atoms with E-state index < -0.39 is 0 Å². The van der Waals surface area contributed by atoms with Crippen molar-refractivity contribution in [3.8, 4) is 0 Å². The number of hydrogen-bond acceptors (Lipinski definition) is 1. The molecule has 1 aliphatic rings. The average Bonchev–Trinajstić information content (AvgIpc) is 3.40. The molecule has 1 saturated carbocycles. The summed E-state index contributed by atoms with van der Waals surface area (Å²) in [4.78, 5) is 11.1. The Kier molecular flexibility index (Phi) is 23.1. The van der Waals surface area contributed by atoms with E-state index in [0.29, 0.717) is 0 Å². The molecule has 1 aliphatic carbocycles. The fourth-order valence-electron chi connectivity index (χ4n) is 4.70. The Hall–Kier alpha value is -1.58. The summed E-state index contributed by atoms with van der Waals surface area (Å²) in [5, 5.41) is 5.46. The van der Waals surface area contributed by atoms with Crippen LogP contribution in [-0.2, 0) is 31.0 Å². The number of halogens is 2. The Bertz CT molecular complexity index is 1060. The molecule has 210 valence electrons. The minimum absolute atomic E-state index is 0. The van der Waals surface area contributed by atoms with Gasteiger partial charge in [0.1, 0.15) is 9.52 Å². The van der Waals surface area contributed by atoms with Gasteiger partial charge in [0, 0.05) is 5.92 Å². The summed E-state index contributed by atoms with van der Waals surface area (Å²) in [5.41, 5.74) is 7.23. The molecule has 1 fully saturated rings. The third-order valence-electron chi connectivity index (χ3n) is 6.86. The van der Waals surface area contributed by atoms with Gasteiger partial charge >= 0.3 is 26.2 Å². The maximum absolute atomic E-state index is 11.1. The molecule has 4 aromatic rings. The number of benzene rings is 3. The first kappa shape index (κ1) is 38.4. The third-order valence-corrected chi connectivity index (χ3v) is 8.10. The molecule has 2 nitrogen and oxygen atoms in total. The van der Waals surface area contributed by atoms with Crippen molar-refractivity contribution in [1.82, 2.24) is 0 Å². The van der Waals surface area contributed by atoms with Crippen LogP contribution in [0.2, 0.25) is 0 Å². The van der Waals surface area contributed by atoms with Crippen LogP contribution >= 0.6 is 0 Å². The van der Waals surface area contributed by atoms with E-state index in [0.717, 1.165) is 35.2 Å². The normalized spacial score (nSPS) is 14.0. The number of carbonyl (C=O) groups is 1. The molecule has 0 spiro atoms. The predicted octanol–water partition coefficient (Wildman–Crippen LogP) is 2.39. The van der Waals surface area contributed by atoms with Crippen LogP contribution in [-0.4, -0.2) is 15.4 Å². The molecule has 0 unspecified atom stereocenters. The molecule has 0 saturated heterocycles. The van der Waals surface area contributed by atoms with Gasteiger partial charge in [-0.1, -0.05) is 135 Å². The van der Waals surface area contributed by atoms with Crippen molar-refractivity contribution in [2.45, 2.75) is 70.6 Å². The number of nitrogens with one attached hydrogen (secondary N) is 1. The Morgan fingerprint density at radius 3 is 1.50 bits per heavy atom. The first-order valence-corrected chi connectivity index (χ1v) is 15.0. The van der Waals surface area contributed by atoms with Gasteiger partial charge in [0.15, 0.2) is 0 Å². The molecular formula is C34H41Cl2NOSiZr. The summed E-state index contributed by atoms with van der Waals surface area (Å²) >= 11 is 0. The molecule has 0 heterocycles. The van der Waals surface area contributed by atoms with Gasteiger partial charge in [-0.3, -0.25) is 0 Å². The summed E-state index contributed by atoms with van der Waals surface area (Å²) in [6.07, 6.45) is 13.5. The summed E-state index contributed by atoms with van der Waals surface area (Å²) in [7, 11) is 0.777. The van der Waals surface area contributed by atoms with Crippen molar-refractivity contribution in [3.05, 3.63) is 109 Å². The molecular weight excluding hydrogens is 629 g/mol. The fourth-order valence-corrected chi connectivity index (χ4v) is 5.76. The van der Waals surface area contributed by atoms with Crippen LogP contribution in [0.25, 0.3) is 16.5 Å². The van der Waals surface area contributed by atoms with Gasteiger partial charge in [-0.25, -0.2) is 0 Å². The number of amides is 1. The molecule has 0 atom stereocenters. The van der Waals surface area contributed by atoms with Crippen LogP contribution in [0.5, 0.6) is 0 Å². The van der Waals surface area contributed by atoms with Crippen molar-refractivity contribution >= 4 is 36.6 Å². The zero-order valence-electron chi connectivity index (χ0n) is 23.3. The minimum Gasteiger partial charge on any atom is -1.00 e. The van der Waals surface area contributed by atoms with Crippen LogP contribution in [0, 0.1) is 5.92 Å². The van der Waals surface area contributed by atoms with Crippen LogP contribution in [0.4, 0.5) is 0 Å². The number of carbonyl (C=O) groups excluding carboxylic acids is 1. The van der Waals surface area contributed by atoms with Crippen molar-refractivity contribution < 1.29 is 55.8 Å². The first-order chi connectivity index (χ1) is 18.2. The second kappa shape index (κ2) is 24.1. The average molecular weight is 670 g/mol. The molecule has 0 aromatic heterocycles. The quantitative estimate of drug-likeness (QED) is 0.244. The molecule has 1 amide bonds. The first-order valence-electron chi connectivity index (χ1n) is 14.0. The number of fused-ring (bicyclic) bond motifs is 1. The summed E-state index contributed by atoms with van der Waals surface area (Å²) in [6.45, 7) is 0. The Balaban J connectivity index is 0.000000562. The van der Waals surface area contributed by atoms with Gasteiger partial charge in [-0.05, 0) is 12.8 Å². The van der Waals surface area contributed by atoms with E-state index in [4.69, 9.17) is 5.73 Å². The summed E-state index contributed by atoms with van der Waals surface area (Å²) < 4.78 is 0. The van der Waals surface area contributed by atoms with E-state index >= 15 is 0 Å². The van der Waals surface area contributed by atoms with E-state index in [1.807, 2.05) is 0 Å². The van der Waals surface area contributed by atoms with E-state index in [1.54, 1.807) is 0 Å². The third kappa shape index (κ3) is 16.0. The molecule has 40 heavy (non-hydrogen) atoms. The smallest absolute Gasteiger partial charge is 1.00 e. The van der Waals surface area contributed by atoms with Gasteiger partial charge in [0.2, 0.25) is 0 Å². The Morgan fingerprint density at radius 2 is 1.05 bits per heavy atom. The van der Waals surface area contributed by atoms with E-state index in [2.05, 4.69) is 103 Å². The van der Waals surface area contributed by atoms with Gasteiger partial charge < -0.3 is 35.3 Å². The maximum Gasteiger partial charge on any atom is 4.00 e. The number of hydrogen-bond donors (Lipinski definition) is 0. The van der Waals surface area contributed by atoms with E-state index in [-0.39, 0.29) is 62.8 Å². The van der Waals surface area contributed by atoms with E-state index in [1.165, 1.54) is 66.1 Å². The summed E-state index contributed by atoms with van der Waals surface area (Å²) in [6, 6.07) is 35.8. The van der Waals surface area contributed by atoms with Gasteiger partial charge in [-0.15, -0.1) is 29.7 Å². The molecule has 0 aliphatic heterocycles. The summed E-state index contributed by atoms with van der Waals surface area (Å²) in [5.74, 6) is -0.281. The standard InChI is InChI=1S/C13H25NO.C12H10Si.C9H7.2ClH.Zr/c14-13(15)12-10-8-6-4-2-1-3-5-7-9-11-12;1-3-7-11(8-4-1)13-12-9-5-2-6-10-12;1-2-5-9-7-3-6-8(9)4-1;;;/h12H,1-11H2,(H2,14,15);1-10H;1-7H;2*1H;/q;;-1;;;+4/p-3. The van der Waals surface area contributed by atoms with Crippen molar-refractivity contribution in [2.75, 3.05) is 0 Å². The molecule has 1 N–H and O–H groups in total. The van der Waals surface area contributed by atoms with E-state index in [9.17, 15) is 4.79 Å². The number of rotatable bonds is 3. The second-order valence-electron chi connectivity index (χ2n) is 9.83. The Morgan fingerprint density at radius 1 is 0.625 bits per heavy atom. The maximum atomic E-state index is 11.1. The largest absolute Gasteiger partial charge is 4.00 e. The van der Waals surface area contributed by atoms with Gasteiger partial charge in [0.05, 0.1) is 5.91 Å². The second-order valence-corrected chi connectivity index (χ2v) is 11.2. The van der Waals surface area contributed by atoms with Gasteiger partial charge in [-0.2, -0.15) is 17.5 Å². The van der Waals surface area contributed by atoms with Gasteiger partial charge in [0.25, 0.3) is 0 Å². The van der Waals surface area contributed by atoms with Crippen molar-refractivity contribution in [2.24, 2.45) is 5.92 Å². The topological polar surface area (TPSA) is 40.9 Å². The fraction of sp³-hybridized carbons (Fsp3) is 0.353.